The fourth-order valence-corrected chi connectivity index (χ4v) is 2.60. The van der Waals surface area contributed by atoms with Crippen LogP contribution >= 0.6 is 0 Å². The molecule has 0 aliphatic carbocycles. The third-order valence-electron chi connectivity index (χ3n) is 3.87. The molecule has 3 rings (SSSR count). The topological polar surface area (TPSA) is 48.4 Å². The summed E-state index contributed by atoms with van der Waals surface area (Å²) in [6.07, 6.45) is 1.58. The Balaban J connectivity index is 2.11. The van der Waals surface area contributed by atoms with E-state index in [1.807, 2.05) is 60.7 Å². The Bertz CT molecular complexity index is 858. The fraction of sp³-hybridized carbons (Fsp3) is 0.143. The van der Waals surface area contributed by atoms with Crippen molar-refractivity contribution in [1.29, 1.82) is 0 Å². The van der Waals surface area contributed by atoms with Gasteiger partial charge in [0.1, 0.15) is 5.75 Å². The Hall–Kier alpha value is -3.14. The van der Waals surface area contributed by atoms with E-state index in [4.69, 9.17) is 9.47 Å². The van der Waals surface area contributed by atoms with Gasteiger partial charge in [0.05, 0.1) is 25.0 Å². The van der Waals surface area contributed by atoms with Crippen LogP contribution in [0.1, 0.15) is 17.3 Å². The summed E-state index contributed by atoms with van der Waals surface area (Å²) < 4.78 is 10.4. The van der Waals surface area contributed by atoms with Crippen LogP contribution in [0, 0.1) is 0 Å². The third kappa shape index (κ3) is 3.69. The molecule has 0 radical (unpaired) electrons. The SMILES string of the molecule is CCOC(=O)c1cnc(-c2ccccc2)cc1-c1ccc(OC)cc1. The molecule has 0 aliphatic rings. The number of carbonyl (C=O) groups excluding carboxylic acids is 1. The number of benzene rings is 2. The largest absolute Gasteiger partial charge is 0.497 e. The van der Waals surface area contributed by atoms with Crippen LogP contribution in [-0.2, 0) is 4.74 Å². The highest BCUT2D eigenvalue weighted by atomic mass is 16.5. The Morgan fingerprint density at radius 3 is 2.36 bits per heavy atom. The number of ether oxygens (including phenoxy) is 2. The van der Waals surface area contributed by atoms with Crippen molar-refractivity contribution < 1.29 is 14.3 Å². The smallest absolute Gasteiger partial charge is 0.340 e. The molecule has 4 heteroatoms. The van der Waals surface area contributed by atoms with Gasteiger partial charge >= 0.3 is 5.97 Å². The van der Waals surface area contributed by atoms with Crippen molar-refractivity contribution in [3.8, 4) is 28.1 Å². The highest BCUT2D eigenvalue weighted by molar-refractivity contribution is 5.97. The molecular weight excluding hydrogens is 314 g/mol. The molecule has 4 nitrogen and oxygen atoms in total. The predicted octanol–water partition coefficient (Wildman–Crippen LogP) is 4.60. The number of aromatic nitrogens is 1. The molecule has 0 aliphatic heterocycles. The second-order valence-corrected chi connectivity index (χ2v) is 5.43. The van der Waals surface area contributed by atoms with E-state index in [0.29, 0.717) is 12.2 Å². The highest BCUT2D eigenvalue weighted by Gasteiger charge is 2.16. The van der Waals surface area contributed by atoms with Gasteiger partial charge in [-0.15, -0.1) is 0 Å². The fourth-order valence-electron chi connectivity index (χ4n) is 2.60. The zero-order valence-corrected chi connectivity index (χ0v) is 14.2. The lowest BCUT2D eigenvalue weighted by Crippen LogP contribution is -2.07. The van der Waals surface area contributed by atoms with Crippen molar-refractivity contribution >= 4 is 5.97 Å². The maximum atomic E-state index is 12.3. The maximum absolute atomic E-state index is 12.3. The molecule has 0 unspecified atom stereocenters. The molecule has 0 saturated carbocycles. The number of rotatable bonds is 5. The van der Waals surface area contributed by atoms with Gasteiger partial charge in [-0.3, -0.25) is 4.98 Å². The molecular formula is C21H19NO3. The number of pyridine rings is 1. The Labute approximate surface area is 147 Å². The summed E-state index contributed by atoms with van der Waals surface area (Å²) >= 11 is 0. The van der Waals surface area contributed by atoms with E-state index in [0.717, 1.165) is 28.1 Å². The summed E-state index contributed by atoms with van der Waals surface area (Å²) in [5, 5.41) is 0. The summed E-state index contributed by atoms with van der Waals surface area (Å²) in [5.74, 6) is 0.388. The zero-order chi connectivity index (χ0) is 17.6. The molecule has 1 aromatic heterocycles. The zero-order valence-electron chi connectivity index (χ0n) is 14.2. The lowest BCUT2D eigenvalue weighted by atomic mass is 9.98. The first-order valence-electron chi connectivity index (χ1n) is 8.10. The normalized spacial score (nSPS) is 10.3. The first-order chi connectivity index (χ1) is 12.2. The standard InChI is InChI=1S/C21H19NO3/c1-3-25-21(23)19-14-22-20(16-7-5-4-6-8-16)13-18(19)15-9-11-17(24-2)12-10-15/h4-14H,3H2,1-2H3. The van der Waals surface area contributed by atoms with Crippen molar-refractivity contribution in [3.05, 3.63) is 72.4 Å². The van der Waals surface area contributed by atoms with Crippen LogP contribution in [0.2, 0.25) is 0 Å². The molecule has 25 heavy (non-hydrogen) atoms. The molecule has 126 valence electrons. The van der Waals surface area contributed by atoms with Crippen molar-refractivity contribution in [3.63, 3.8) is 0 Å². The van der Waals surface area contributed by atoms with Crippen molar-refractivity contribution in [1.82, 2.24) is 4.98 Å². The predicted molar refractivity (Wildman–Crippen MR) is 97.6 cm³/mol. The molecule has 0 fully saturated rings. The van der Waals surface area contributed by atoms with Crippen molar-refractivity contribution in [2.45, 2.75) is 6.92 Å². The van der Waals surface area contributed by atoms with Gasteiger partial charge < -0.3 is 9.47 Å². The van der Waals surface area contributed by atoms with E-state index < -0.39 is 0 Å². The van der Waals surface area contributed by atoms with Gasteiger partial charge in [0.2, 0.25) is 0 Å². The quantitative estimate of drug-likeness (QED) is 0.640. The number of hydrogen-bond donors (Lipinski definition) is 0. The van der Waals surface area contributed by atoms with E-state index in [-0.39, 0.29) is 5.97 Å². The monoisotopic (exact) mass is 333 g/mol. The highest BCUT2D eigenvalue weighted by Crippen LogP contribution is 2.29. The van der Waals surface area contributed by atoms with E-state index in [1.165, 1.54) is 0 Å². The number of carbonyl (C=O) groups is 1. The van der Waals surface area contributed by atoms with Gasteiger partial charge in [-0.05, 0) is 36.2 Å². The molecule has 2 aromatic carbocycles. The lowest BCUT2D eigenvalue weighted by molar-refractivity contribution is 0.0527. The summed E-state index contributed by atoms with van der Waals surface area (Å²) in [6.45, 7) is 2.11. The van der Waals surface area contributed by atoms with Gasteiger partial charge in [0.25, 0.3) is 0 Å². The lowest BCUT2D eigenvalue weighted by Gasteiger charge is -2.11. The minimum atomic E-state index is -0.375. The summed E-state index contributed by atoms with van der Waals surface area (Å²) in [4.78, 5) is 16.8. The number of esters is 1. The van der Waals surface area contributed by atoms with Crippen LogP contribution in [0.25, 0.3) is 22.4 Å². The minimum absolute atomic E-state index is 0.321. The molecule has 0 spiro atoms. The molecule has 3 aromatic rings. The van der Waals surface area contributed by atoms with Crippen LogP contribution in [-0.4, -0.2) is 24.7 Å². The maximum Gasteiger partial charge on any atom is 0.340 e. The van der Waals surface area contributed by atoms with Crippen LogP contribution < -0.4 is 4.74 Å². The van der Waals surface area contributed by atoms with E-state index >= 15 is 0 Å². The van der Waals surface area contributed by atoms with Gasteiger partial charge in [-0.25, -0.2) is 4.79 Å². The minimum Gasteiger partial charge on any atom is -0.497 e. The molecule has 0 amide bonds. The first kappa shape index (κ1) is 16.7. The van der Waals surface area contributed by atoms with Crippen LogP contribution in [0.15, 0.2) is 66.9 Å². The van der Waals surface area contributed by atoms with E-state index in [2.05, 4.69) is 4.98 Å². The molecule has 0 atom stereocenters. The molecule has 1 heterocycles. The Morgan fingerprint density at radius 1 is 1.00 bits per heavy atom. The van der Waals surface area contributed by atoms with Crippen molar-refractivity contribution in [2.24, 2.45) is 0 Å². The van der Waals surface area contributed by atoms with E-state index in [9.17, 15) is 4.79 Å². The summed E-state index contributed by atoms with van der Waals surface area (Å²) in [6, 6.07) is 19.4. The van der Waals surface area contributed by atoms with Gasteiger partial charge in [-0.2, -0.15) is 0 Å². The molecule has 0 saturated heterocycles. The average Bonchev–Trinajstić information content (AvgIpc) is 2.68. The second-order valence-electron chi connectivity index (χ2n) is 5.43. The van der Waals surface area contributed by atoms with Crippen molar-refractivity contribution in [2.75, 3.05) is 13.7 Å². The molecule has 0 bridgehead atoms. The van der Waals surface area contributed by atoms with Gasteiger partial charge in [-0.1, -0.05) is 42.5 Å². The average molecular weight is 333 g/mol. The first-order valence-corrected chi connectivity index (χ1v) is 8.10. The van der Waals surface area contributed by atoms with Crippen LogP contribution in [0.3, 0.4) is 0 Å². The Kier molecular flexibility index (Phi) is 5.09. The Morgan fingerprint density at radius 2 is 1.72 bits per heavy atom. The number of nitrogens with zero attached hydrogens (tertiary/aromatic N) is 1. The van der Waals surface area contributed by atoms with Crippen LogP contribution in [0.4, 0.5) is 0 Å². The van der Waals surface area contributed by atoms with Gasteiger partial charge in [0, 0.05) is 11.8 Å². The van der Waals surface area contributed by atoms with Crippen LogP contribution in [0.5, 0.6) is 5.75 Å². The summed E-state index contributed by atoms with van der Waals surface area (Å²) in [7, 11) is 1.62. The number of hydrogen-bond acceptors (Lipinski definition) is 4. The van der Waals surface area contributed by atoms with Gasteiger partial charge in [0.15, 0.2) is 0 Å². The summed E-state index contributed by atoms with van der Waals surface area (Å²) in [5.41, 5.74) is 3.94. The number of methoxy groups -OCH3 is 1. The second kappa shape index (κ2) is 7.62. The van der Waals surface area contributed by atoms with E-state index in [1.54, 1.807) is 20.2 Å². The third-order valence-corrected chi connectivity index (χ3v) is 3.87. The molecule has 0 N–H and O–H groups in total.